The monoisotopic (exact) mass is 316 g/mol. The highest BCUT2D eigenvalue weighted by molar-refractivity contribution is 7.90. The number of amides is 1. The average Bonchev–Trinajstić information content (AvgIpc) is 2.81. The average molecular weight is 316 g/mol. The van der Waals surface area contributed by atoms with Crippen LogP contribution in [0.5, 0.6) is 0 Å². The van der Waals surface area contributed by atoms with Crippen LogP contribution in [-0.2, 0) is 16.4 Å². The van der Waals surface area contributed by atoms with E-state index < -0.39 is 21.2 Å². The van der Waals surface area contributed by atoms with Crippen molar-refractivity contribution in [1.82, 2.24) is 9.71 Å². The molecule has 7 heteroatoms. The Kier molecular flexibility index (Phi) is 4.80. The van der Waals surface area contributed by atoms with Crippen LogP contribution in [0.1, 0.15) is 59.4 Å². The molecule has 0 spiro atoms. The van der Waals surface area contributed by atoms with E-state index in [1.165, 1.54) is 11.3 Å². The number of carbonyl (C=O) groups is 1. The van der Waals surface area contributed by atoms with Gasteiger partial charge in [0.2, 0.25) is 10.0 Å². The number of aryl methyl sites for hydroxylation is 2. The molecule has 0 unspecified atom stereocenters. The van der Waals surface area contributed by atoms with Gasteiger partial charge in [0, 0.05) is 0 Å². The second-order valence-electron chi connectivity index (χ2n) is 5.11. The second kappa shape index (κ2) is 6.22. The largest absolute Gasteiger partial charge is 0.276 e. The van der Waals surface area contributed by atoms with Gasteiger partial charge in [0.05, 0.1) is 16.0 Å². The highest BCUT2D eigenvalue weighted by Crippen LogP contribution is 2.24. The van der Waals surface area contributed by atoms with Gasteiger partial charge >= 0.3 is 0 Å². The van der Waals surface area contributed by atoms with E-state index in [9.17, 15) is 13.2 Å². The lowest BCUT2D eigenvalue weighted by Gasteiger charge is -2.21. The lowest BCUT2D eigenvalue weighted by atomic mass is 10.0. The van der Waals surface area contributed by atoms with Gasteiger partial charge in [0.1, 0.15) is 4.88 Å². The molecule has 112 valence electrons. The number of rotatable bonds is 4. The minimum absolute atomic E-state index is 0.404. The van der Waals surface area contributed by atoms with Crippen LogP contribution in [0.15, 0.2) is 0 Å². The predicted molar refractivity (Wildman–Crippen MR) is 79.5 cm³/mol. The smallest absolute Gasteiger partial charge is 0.267 e. The van der Waals surface area contributed by atoms with Crippen molar-refractivity contribution >= 4 is 27.3 Å². The lowest BCUT2D eigenvalue weighted by Crippen LogP contribution is -2.39. The fraction of sp³-hybridized carbons (Fsp3) is 0.692. The van der Waals surface area contributed by atoms with E-state index in [1.807, 2.05) is 6.92 Å². The van der Waals surface area contributed by atoms with Crippen molar-refractivity contribution < 1.29 is 13.2 Å². The summed E-state index contributed by atoms with van der Waals surface area (Å²) >= 11 is 1.27. The number of aromatic nitrogens is 1. The molecule has 1 aliphatic rings. The van der Waals surface area contributed by atoms with Crippen LogP contribution >= 0.6 is 11.3 Å². The first-order chi connectivity index (χ1) is 9.44. The van der Waals surface area contributed by atoms with Crippen LogP contribution in [0, 0.1) is 6.92 Å². The third-order valence-electron chi connectivity index (χ3n) is 3.58. The van der Waals surface area contributed by atoms with E-state index in [2.05, 4.69) is 9.71 Å². The van der Waals surface area contributed by atoms with Crippen LogP contribution < -0.4 is 4.72 Å². The van der Waals surface area contributed by atoms with Crippen molar-refractivity contribution in [2.75, 3.05) is 0 Å². The zero-order chi connectivity index (χ0) is 14.8. The molecule has 0 radical (unpaired) electrons. The van der Waals surface area contributed by atoms with E-state index in [4.69, 9.17) is 0 Å². The minimum atomic E-state index is -3.57. The maximum atomic E-state index is 12.2. The molecule has 20 heavy (non-hydrogen) atoms. The molecule has 0 aliphatic heterocycles. The molecule has 1 aromatic heterocycles. The molecule has 1 aliphatic carbocycles. The molecule has 5 nitrogen and oxygen atoms in total. The third kappa shape index (κ3) is 3.38. The minimum Gasteiger partial charge on any atom is -0.267 e. The van der Waals surface area contributed by atoms with Crippen molar-refractivity contribution in [3.05, 3.63) is 15.6 Å². The normalized spacial score (nSPS) is 17.1. The quantitative estimate of drug-likeness (QED) is 0.925. The Labute approximate surface area is 123 Å². The lowest BCUT2D eigenvalue weighted by molar-refractivity contribution is 0.0984. The van der Waals surface area contributed by atoms with Crippen LogP contribution in [0.25, 0.3) is 0 Å². The van der Waals surface area contributed by atoms with Crippen LogP contribution in [0.4, 0.5) is 0 Å². The number of sulfonamides is 1. The van der Waals surface area contributed by atoms with Crippen LogP contribution in [0.2, 0.25) is 0 Å². The van der Waals surface area contributed by atoms with E-state index in [-0.39, 0.29) is 0 Å². The number of hydrogen-bond acceptors (Lipinski definition) is 5. The number of thiazole rings is 1. The molecule has 2 rings (SSSR count). The first-order valence-electron chi connectivity index (χ1n) is 6.96. The van der Waals surface area contributed by atoms with Crippen molar-refractivity contribution in [2.24, 2.45) is 0 Å². The molecule has 0 aromatic carbocycles. The summed E-state index contributed by atoms with van der Waals surface area (Å²) in [6, 6.07) is 0. The Morgan fingerprint density at radius 1 is 1.35 bits per heavy atom. The van der Waals surface area contributed by atoms with E-state index >= 15 is 0 Å². The summed E-state index contributed by atoms with van der Waals surface area (Å²) < 4.78 is 26.6. The fourth-order valence-corrected chi connectivity index (χ4v) is 4.89. The van der Waals surface area contributed by atoms with Crippen molar-refractivity contribution in [2.45, 2.75) is 57.6 Å². The summed E-state index contributed by atoms with van der Waals surface area (Å²) in [6.07, 6.45) is 4.94. The van der Waals surface area contributed by atoms with Gasteiger partial charge in [-0.15, -0.1) is 11.3 Å². The van der Waals surface area contributed by atoms with Crippen LogP contribution in [0.3, 0.4) is 0 Å². The molecule has 1 saturated carbocycles. The Morgan fingerprint density at radius 3 is 2.55 bits per heavy atom. The van der Waals surface area contributed by atoms with Gasteiger partial charge in [0.25, 0.3) is 5.91 Å². The number of carbonyl (C=O) groups excluding carboxylic acids is 1. The number of nitrogens with one attached hydrogen (secondary N) is 1. The van der Waals surface area contributed by atoms with Gasteiger partial charge in [-0.25, -0.2) is 18.1 Å². The zero-order valence-corrected chi connectivity index (χ0v) is 13.4. The van der Waals surface area contributed by atoms with Gasteiger partial charge in [-0.3, -0.25) is 4.79 Å². The first-order valence-corrected chi connectivity index (χ1v) is 9.32. The molecular formula is C13H20N2O3S2. The third-order valence-corrected chi connectivity index (χ3v) is 6.70. The SMILES string of the molecule is CCc1nc(C)c(C(=O)NS(=O)(=O)C2CCCCC2)s1. The van der Waals surface area contributed by atoms with Crippen molar-refractivity contribution in [3.63, 3.8) is 0 Å². The summed E-state index contributed by atoms with van der Waals surface area (Å²) in [4.78, 5) is 16.8. The molecule has 0 atom stereocenters. The Hall–Kier alpha value is -0.950. The van der Waals surface area contributed by atoms with Gasteiger partial charge in [-0.1, -0.05) is 26.2 Å². The summed E-state index contributed by atoms with van der Waals surface area (Å²) in [5, 5.41) is 0.418. The maximum Gasteiger partial charge on any atom is 0.276 e. The van der Waals surface area contributed by atoms with E-state index in [0.29, 0.717) is 23.4 Å². The van der Waals surface area contributed by atoms with Crippen LogP contribution in [-0.4, -0.2) is 24.6 Å². The topological polar surface area (TPSA) is 76.1 Å². The van der Waals surface area contributed by atoms with Gasteiger partial charge in [0.15, 0.2) is 0 Å². The van der Waals surface area contributed by atoms with Crippen molar-refractivity contribution in [1.29, 1.82) is 0 Å². The molecular weight excluding hydrogens is 296 g/mol. The Balaban J connectivity index is 2.11. The number of hydrogen-bond donors (Lipinski definition) is 1. The molecule has 1 N–H and O–H groups in total. The Bertz CT molecular complexity index is 587. The summed E-state index contributed by atoms with van der Waals surface area (Å²) in [5.41, 5.74) is 0.600. The molecule has 1 fully saturated rings. The first kappa shape index (κ1) is 15.4. The highest BCUT2D eigenvalue weighted by atomic mass is 32.2. The molecule has 1 amide bonds. The second-order valence-corrected chi connectivity index (χ2v) is 8.16. The van der Waals surface area contributed by atoms with Crippen molar-refractivity contribution in [3.8, 4) is 0 Å². The highest BCUT2D eigenvalue weighted by Gasteiger charge is 2.30. The van der Waals surface area contributed by atoms with Gasteiger partial charge in [-0.05, 0) is 26.2 Å². The zero-order valence-electron chi connectivity index (χ0n) is 11.8. The molecule has 1 aromatic rings. The summed E-state index contributed by atoms with van der Waals surface area (Å²) in [6.45, 7) is 3.69. The number of nitrogens with zero attached hydrogens (tertiary/aromatic N) is 1. The molecule has 0 bridgehead atoms. The van der Waals surface area contributed by atoms with Gasteiger partial charge in [-0.2, -0.15) is 0 Å². The summed E-state index contributed by atoms with van der Waals surface area (Å²) in [5.74, 6) is -0.537. The van der Waals surface area contributed by atoms with E-state index in [1.54, 1.807) is 6.92 Å². The molecule has 0 saturated heterocycles. The standard InChI is InChI=1S/C13H20N2O3S2/c1-3-11-14-9(2)12(19-11)13(16)15-20(17,18)10-7-5-4-6-8-10/h10H,3-8H2,1-2H3,(H,15,16). The fourth-order valence-electron chi connectivity index (χ4n) is 2.45. The predicted octanol–water partition coefficient (Wildman–Crippen LogP) is 2.41. The maximum absolute atomic E-state index is 12.2. The van der Waals surface area contributed by atoms with E-state index in [0.717, 1.165) is 30.7 Å². The van der Waals surface area contributed by atoms with Gasteiger partial charge < -0.3 is 0 Å². The summed E-state index contributed by atoms with van der Waals surface area (Å²) in [7, 11) is -3.57. The Morgan fingerprint density at radius 2 is 2.00 bits per heavy atom. The molecule has 1 heterocycles.